The number of rotatable bonds is 3. The van der Waals surface area contributed by atoms with Gasteiger partial charge in [0.05, 0.1) is 28.4 Å². The minimum atomic E-state index is -0.727. The van der Waals surface area contributed by atoms with Gasteiger partial charge in [0, 0.05) is 6.20 Å². The van der Waals surface area contributed by atoms with Gasteiger partial charge >= 0.3 is 0 Å². The summed E-state index contributed by atoms with van der Waals surface area (Å²) in [7, 11) is 0. The van der Waals surface area contributed by atoms with Crippen LogP contribution < -0.4 is 4.90 Å². The highest BCUT2D eigenvalue weighted by Crippen LogP contribution is 2.53. The lowest BCUT2D eigenvalue weighted by atomic mass is 9.84. The number of thiophene rings is 1. The number of anilines is 1. The van der Waals surface area contributed by atoms with E-state index in [0.717, 1.165) is 22.3 Å². The maximum Gasteiger partial charge on any atom is 0.240 e. The Morgan fingerprint density at radius 3 is 2.45 bits per heavy atom. The summed E-state index contributed by atoms with van der Waals surface area (Å²) in [5.74, 6) is -1.96. The zero-order chi connectivity index (χ0) is 22.9. The van der Waals surface area contributed by atoms with Gasteiger partial charge < -0.3 is 4.90 Å². The average Bonchev–Trinajstić information content (AvgIpc) is 3.52. The van der Waals surface area contributed by atoms with Crippen LogP contribution >= 0.6 is 11.3 Å². The number of hydrogen-bond donors (Lipinski definition) is 0. The van der Waals surface area contributed by atoms with E-state index in [1.807, 2.05) is 84.9 Å². The molecule has 6 rings (SSSR count). The normalized spacial score (nSPS) is 25.3. The molecular weight excluding hydrogens is 432 g/mol. The van der Waals surface area contributed by atoms with Crippen molar-refractivity contribution in [3.63, 3.8) is 0 Å². The van der Waals surface area contributed by atoms with E-state index in [0.29, 0.717) is 10.6 Å². The van der Waals surface area contributed by atoms with Crippen LogP contribution in [0.25, 0.3) is 6.08 Å². The van der Waals surface area contributed by atoms with E-state index in [-0.39, 0.29) is 23.6 Å². The van der Waals surface area contributed by atoms with Crippen LogP contribution in [0.15, 0.2) is 66.2 Å². The number of aryl methyl sites for hydroxylation is 2. The molecule has 5 nitrogen and oxygen atoms in total. The fourth-order valence-electron chi connectivity index (χ4n) is 5.54. The van der Waals surface area contributed by atoms with Crippen molar-refractivity contribution in [2.45, 2.75) is 25.9 Å². The second-order valence-corrected chi connectivity index (χ2v) is 9.90. The van der Waals surface area contributed by atoms with Crippen molar-refractivity contribution < 1.29 is 14.4 Å². The highest BCUT2D eigenvalue weighted by atomic mass is 32.1. The Labute approximate surface area is 195 Å². The number of fused-ring (bicyclic) bond motifs is 5. The van der Waals surface area contributed by atoms with E-state index in [9.17, 15) is 14.4 Å². The maximum absolute atomic E-state index is 13.9. The SMILES string of the molecule is Cc1ccc(N2C(=O)[C@@H]3[C@H](C2=O)[C@H]2c4ccccc4C=CN2[C@@H]3C(=O)c2cccs2)cc1C. The third kappa shape index (κ3) is 2.80. The quantitative estimate of drug-likeness (QED) is 0.423. The van der Waals surface area contributed by atoms with Gasteiger partial charge in [-0.15, -0.1) is 11.3 Å². The van der Waals surface area contributed by atoms with Crippen LogP contribution in [0.5, 0.6) is 0 Å². The highest BCUT2D eigenvalue weighted by molar-refractivity contribution is 7.12. The van der Waals surface area contributed by atoms with Crippen molar-refractivity contribution in [1.29, 1.82) is 0 Å². The number of carbonyl (C=O) groups is 3. The van der Waals surface area contributed by atoms with E-state index in [1.54, 1.807) is 6.07 Å². The van der Waals surface area contributed by atoms with Gasteiger partial charge in [0.15, 0.2) is 5.78 Å². The summed E-state index contributed by atoms with van der Waals surface area (Å²) in [4.78, 5) is 45.2. The predicted octanol–water partition coefficient (Wildman–Crippen LogP) is 4.76. The standard InChI is InChI=1S/C27H22N2O3S/c1-15-9-10-18(14-16(15)2)29-26(31)21-22(27(29)32)24(25(30)20-8-5-13-33-20)28-12-11-17-6-3-4-7-19(17)23(21)28/h3-14,21-24H,1-2H3/t21-,22+,23+,24-/m0/s1. The molecule has 0 saturated carbocycles. The molecule has 4 atom stereocenters. The first-order valence-electron chi connectivity index (χ1n) is 11.0. The third-order valence-corrected chi connectivity index (χ3v) is 8.13. The molecule has 164 valence electrons. The molecule has 3 aliphatic heterocycles. The highest BCUT2D eigenvalue weighted by Gasteiger charge is 2.64. The van der Waals surface area contributed by atoms with Gasteiger partial charge in [-0.3, -0.25) is 14.4 Å². The lowest BCUT2D eigenvalue weighted by Crippen LogP contribution is -2.44. The molecular formula is C27H22N2O3S. The number of Topliss-reactive ketones (excluding diaryl/α,β-unsaturated/α-hetero) is 1. The van der Waals surface area contributed by atoms with Crippen LogP contribution in [0.1, 0.15) is 38.0 Å². The van der Waals surface area contributed by atoms with Crippen LogP contribution in [-0.4, -0.2) is 28.5 Å². The van der Waals surface area contributed by atoms with Crippen LogP contribution in [0.3, 0.4) is 0 Å². The summed E-state index contributed by atoms with van der Waals surface area (Å²) >= 11 is 1.37. The Morgan fingerprint density at radius 2 is 1.70 bits per heavy atom. The summed E-state index contributed by atoms with van der Waals surface area (Å²) in [5, 5.41) is 1.86. The maximum atomic E-state index is 13.9. The van der Waals surface area contributed by atoms with Crippen molar-refractivity contribution >= 4 is 40.7 Å². The predicted molar refractivity (Wildman–Crippen MR) is 128 cm³/mol. The Balaban J connectivity index is 1.51. The van der Waals surface area contributed by atoms with E-state index >= 15 is 0 Å². The molecule has 4 heterocycles. The molecule has 0 N–H and O–H groups in total. The first kappa shape index (κ1) is 20.1. The Morgan fingerprint density at radius 1 is 0.909 bits per heavy atom. The molecule has 2 saturated heterocycles. The summed E-state index contributed by atoms with van der Waals surface area (Å²) < 4.78 is 0. The summed E-state index contributed by atoms with van der Waals surface area (Å²) in [6.07, 6.45) is 3.86. The monoisotopic (exact) mass is 454 g/mol. The van der Waals surface area contributed by atoms with Crippen LogP contribution in [0, 0.1) is 25.7 Å². The third-order valence-electron chi connectivity index (χ3n) is 7.24. The van der Waals surface area contributed by atoms with Crippen molar-refractivity contribution in [3.8, 4) is 0 Å². The molecule has 3 aromatic rings. The number of hydrogen-bond acceptors (Lipinski definition) is 5. The van der Waals surface area contributed by atoms with E-state index in [4.69, 9.17) is 0 Å². The van der Waals surface area contributed by atoms with Gasteiger partial charge in [0.25, 0.3) is 0 Å². The van der Waals surface area contributed by atoms with E-state index in [2.05, 4.69) is 0 Å². The molecule has 0 spiro atoms. The van der Waals surface area contributed by atoms with Crippen LogP contribution in [0.2, 0.25) is 0 Å². The summed E-state index contributed by atoms with van der Waals surface area (Å²) in [5.41, 5.74) is 4.70. The van der Waals surface area contributed by atoms with Crippen molar-refractivity contribution in [2.75, 3.05) is 4.90 Å². The minimum Gasteiger partial charge on any atom is -0.358 e. The van der Waals surface area contributed by atoms with E-state index in [1.165, 1.54) is 16.2 Å². The number of imide groups is 1. The first-order valence-corrected chi connectivity index (χ1v) is 11.9. The molecule has 0 bridgehead atoms. The second kappa shape index (κ2) is 7.25. The topological polar surface area (TPSA) is 57.7 Å². The smallest absolute Gasteiger partial charge is 0.240 e. The van der Waals surface area contributed by atoms with Crippen LogP contribution in [-0.2, 0) is 9.59 Å². The lowest BCUT2D eigenvalue weighted by Gasteiger charge is -2.35. The van der Waals surface area contributed by atoms with Gasteiger partial charge in [0.1, 0.15) is 6.04 Å². The van der Waals surface area contributed by atoms with Gasteiger partial charge in [0.2, 0.25) is 11.8 Å². The largest absolute Gasteiger partial charge is 0.358 e. The molecule has 0 radical (unpaired) electrons. The minimum absolute atomic E-state index is 0.102. The molecule has 0 unspecified atom stereocenters. The molecule has 3 aliphatic rings. The van der Waals surface area contributed by atoms with E-state index < -0.39 is 17.9 Å². The first-order chi connectivity index (χ1) is 16.0. The van der Waals surface area contributed by atoms with Gasteiger partial charge in [-0.2, -0.15) is 0 Å². The fourth-order valence-corrected chi connectivity index (χ4v) is 6.24. The lowest BCUT2D eigenvalue weighted by molar-refractivity contribution is -0.123. The summed E-state index contributed by atoms with van der Waals surface area (Å²) in [6, 6.07) is 16.1. The van der Waals surface area contributed by atoms with Crippen molar-refractivity contribution in [1.82, 2.24) is 4.90 Å². The molecule has 2 amide bonds. The zero-order valence-corrected chi connectivity index (χ0v) is 19.1. The second-order valence-electron chi connectivity index (χ2n) is 8.96. The molecule has 2 fully saturated rings. The molecule has 6 heteroatoms. The molecule has 33 heavy (non-hydrogen) atoms. The molecule has 2 aromatic carbocycles. The van der Waals surface area contributed by atoms with Crippen molar-refractivity contribution in [2.24, 2.45) is 11.8 Å². The number of ketones is 1. The average molecular weight is 455 g/mol. The Bertz CT molecular complexity index is 1340. The van der Waals surface area contributed by atoms with Gasteiger partial charge in [-0.1, -0.05) is 36.4 Å². The van der Waals surface area contributed by atoms with Gasteiger partial charge in [-0.05, 0) is 65.8 Å². The number of benzene rings is 2. The number of amides is 2. The van der Waals surface area contributed by atoms with Gasteiger partial charge in [-0.25, -0.2) is 4.90 Å². The molecule has 0 aliphatic carbocycles. The Kier molecular flexibility index (Phi) is 4.42. The number of carbonyl (C=O) groups excluding carboxylic acids is 3. The van der Waals surface area contributed by atoms with Crippen molar-refractivity contribution in [3.05, 3.63) is 93.3 Å². The Hall–Kier alpha value is -3.51. The molecule has 1 aromatic heterocycles. The summed E-state index contributed by atoms with van der Waals surface area (Å²) in [6.45, 7) is 3.97. The van der Waals surface area contributed by atoms with Crippen LogP contribution in [0.4, 0.5) is 5.69 Å². The number of nitrogens with zero attached hydrogens (tertiary/aromatic N) is 2. The fraction of sp³-hybridized carbons (Fsp3) is 0.222. The zero-order valence-electron chi connectivity index (χ0n) is 18.3.